The van der Waals surface area contributed by atoms with Gasteiger partial charge in [-0.1, -0.05) is 56.3 Å². The summed E-state index contributed by atoms with van der Waals surface area (Å²) in [6.07, 6.45) is 1.45. The van der Waals surface area contributed by atoms with Gasteiger partial charge in [0.2, 0.25) is 5.91 Å². The summed E-state index contributed by atoms with van der Waals surface area (Å²) in [6.45, 7) is 4.79. The van der Waals surface area contributed by atoms with E-state index in [1.54, 1.807) is 0 Å². The summed E-state index contributed by atoms with van der Waals surface area (Å²) < 4.78 is 7.97. The van der Waals surface area contributed by atoms with E-state index in [9.17, 15) is 14.4 Å². The molecule has 0 saturated carbocycles. The molecule has 1 amide bonds. The fourth-order valence-corrected chi connectivity index (χ4v) is 3.11. The number of aromatic nitrogens is 2. The number of rotatable bonds is 9. The maximum absolute atomic E-state index is 12.6. The van der Waals surface area contributed by atoms with Crippen LogP contribution in [0.3, 0.4) is 0 Å². The van der Waals surface area contributed by atoms with E-state index in [4.69, 9.17) is 4.74 Å². The van der Waals surface area contributed by atoms with E-state index in [1.807, 2.05) is 54.6 Å². The number of amides is 1. The molecule has 0 aliphatic carbocycles. The lowest BCUT2D eigenvalue weighted by Crippen LogP contribution is -2.43. The molecule has 1 N–H and O–H groups in total. The Balaban J connectivity index is 1.53. The van der Waals surface area contributed by atoms with Crippen LogP contribution < -0.4 is 21.3 Å². The second-order valence-corrected chi connectivity index (χ2v) is 7.56. The van der Waals surface area contributed by atoms with Gasteiger partial charge in [0.05, 0.1) is 13.1 Å². The predicted octanol–water partition coefficient (Wildman–Crippen LogP) is 2.38. The molecule has 3 aromatic rings. The molecule has 0 unspecified atom stereocenters. The largest absolute Gasteiger partial charge is 0.492 e. The van der Waals surface area contributed by atoms with E-state index in [-0.39, 0.29) is 19.7 Å². The van der Waals surface area contributed by atoms with Crippen molar-refractivity contribution in [2.75, 3.05) is 13.2 Å². The Morgan fingerprint density at radius 2 is 1.71 bits per heavy atom. The molecular formula is C24H27N3O4. The Kier molecular flexibility index (Phi) is 7.43. The van der Waals surface area contributed by atoms with Gasteiger partial charge in [-0.05, 0) is 29.2 Å². The molecule has 162 valence electrons. The van der Waals surface area contributed by atoms with Crippen molar-refractivity contribution in [3.8, 4) is 5.75 Å². The summed E-state index contributed by atoms with van der Waals surface area (Å²) in [5.41, 5.74) is 1.13. The fourth-order valence-electron chi connectivity index (χ4n) is 3.11. The number of ether oxygens (including phenoxy) is 1. The number of carbonyl (C=O) groups is 1. The summed E-state index contributed by atoms with van der Waals surface area (Å²) >= 11 is 0. The molecule has 2 aromatic carbocycles. The first-order chi connectivity index (χ1) is 14.9. The average Bonchev–Trinajstić information content (AvgIpc) is 2.77. The van der Waals surface area contributed by atoms with Crippen LogP contribution in [0.5, 0.6) is 5.75 Å². The zero-order valence-corrected chi connectivity index (χ0v) is 17.8. The highest BCUT2D eigenvalue weighted by molar-refractivity contribution is 5.75. The zero-order chi connectivity index (χ0) is 22.2. The van der Waals surface area contributed by atoms with Gasteiger partial charge >= 0.3 is 5.69 Å². The highest BCUT2D eigenvalue weighted by Gasteiger charge is 2.10. The number of benzene rings is 2. The highest BCUT2D eigenvalue weighted by Crippen LogP contribution is 2.18. The van der Waals surface area contributed by atoms with Crippen LogP contribution in [0.25, 0.3) is 0 Å². The van der Waals surface area contributed by atoms with E-state index in [0.29, 0.717) is 12.5 Å². The maximum Gasteiger partial charge on any atom is 0.331 e. The van der Waals surface area contributed by atoms with Crippen molar-refractivity contribution < 1.29 is 9.53 Å². The van der Waals surface area contributed by atoms with Crippen LogP contribution in [0.15, 0.2) is 76.4 Å². The zero-order valence-electron chi connectivity index (χ0n) is 17.8. The van der Waals surface area contributed by atoms with Crippen molar-refractivity contribution in [2.45, 2.75) is 32.9 Å². The molecule has 0 aliphatic heterocycles. The van der Waals surface area contributed by atoms with Gasteiger partial charge in [-0.2, -0.15) is 0 Å². The van der Waals surface area contributed by atoms with Crippen molar-refractivity contribution >= 4 is 5.91 Å². The lowest BCUT2D eigenvalue weighted by Gasteiger charge is -2.11. The average molecular weight is 421 g/mol. The SMILES string of the molecule is CC(C)c1ccc(OCCNC(=O)Cn2c(=O)ccn(Cc3ccccc3)c2=O)cc1. The number of carbonyl (C=O) groups excluding carboxylic acids is 1. The van der Waals surface area contributed by atoms with Gasteiger partial charge in [-0.25, -0.2) is 4.79 Å². The first-order valence-electron chi connectivity index (χ1n) is 10.3. The number of nitrogens with zero attached hydrogens (tertiary/aromatic N) is 2. The molecule has 0 fully saturated rings. The van der Waals surface area contributed by atoms with Gasteiger partial charge in [-0.3, -0.25) is 18.7 Å². The first-order valence-corrected chi connectivity index (χ1v) is 10.3. The molecule has 3 rings (SSSR count). The lowest BCUT2D eigenvalue weighted by atomic mass is 10.0. The van der Waals surface area contributed by atoms with Gasteiger partial charge in [0.25, 0.3) is 5.56 Å². The first kappa shape index (κ1) is 22.1. The molecule has 7 heteroatoms. The third-order valence-electron chi connectivity index (χ3n) is 4.88. The number of hydrogen-bond acceptors (Lipinski definition) is 4. The molecule has 0 atom stereocenters. The maximum atomic E-state index is 12.6. The summed E-state index contributed by atoms with van der Waals surface area (Å²) in [5, 5.41) is 2.68. The smallest absolute Gasteiger partial charge is 0.331 e. The normalized spacial score (nSPS) is 10.8. The molecule has 1 aromatic heterocycles. The Bertz CT molecular complexity index is 1120. The summed E-state index contributed by atoms with van der Waals surface area (Å²) in [6, 6.07) is 18.6. The van der Waals surface area contributed by atoms with Crippen LogP contribution in [0.1, 0.15) is 30.9 Å². The predicted molar refractivity (Wildman–Crippen MR) is 120 cm³/mol. The molecule has 31 heavy (non-hydrogen) atoms. The second kappa shape index (κ2) is 10.4. The van der Waals surface area contributed by atoms with Crippen molar-refractivity contribution in [1.29, 1.82) is 0 Å². The quantitative estimate of drug-likeness (QED) is 0.538. The van der Waals surface area contributed by atoms with Crippen LogP contribution in [-0.4, -0.2) is 28.2 Å². The van der Waals surface area contributed by atoms with E-state index in [1.165, 1.54) is 22.4 Å². The van der Waals surface area contributed by atoms with Gasteiger partial charge < -0.3 is 10.1 Å². The molecular weight excluding hydrogens is 394 g/mol. The van der Waals surface area contributed by atoms with Crippen molar-refractivity contribution in [1.82, 2.24) is 14.5 Å². The molecule has 7 nitrogen and oxygen atoms in total. The third-order valence-corrected chi connectivity index (χ3v) is 4.88. The molecule has 0 radical (unpaired) electrons. The number of nitrogens with one attached hydrogen (secondary N) is 1. The van der Waals surface area contributed by atoms with Crippen LogP contribution in [0.2, 0.25) is 0 Å². The summed E-state index contributed by atoms with van der Waals surface area (Å²) in [7, 11) is 0. The van der Waals surface area contributed by atoms with Crippen molar-refractivity contribution in [2.24, 2.45) is 0 Å². The van der Waals surface area contributed by atoms with Gasteiger partial charge in [0.15, 0.2) is 0 Å². The summed E-state index contributed by atoms with van der Waals surface area (Å²) in [4.78, 5) is 37.0. The van der Waals surface area contributed by atoms with E-state index in [0.717, 1.165) is 15.9 Å². The van der Waals surface area contributed by atoms with Gasteiger partial charge in [-0.15, -0.1) is 0 Å². The van der Waals surface area contributed by atoms with Crippen molar-refractivity contribution in [3.05, 3.63) is 98.8 Å². The molecule has 0 bridgehead atoms. The molecule has 0 aliphatic rings. The minimum Gasteiger partial charge on any atom is -0.492 e. The monoisotopic (exact) mass is 421 g/mol. The van der Waals surface area contributed by atoms with Gasteiger partial charge in [0, 0.05) is 12.3 Å². The fraction of sp³-hybridized carbons (Fsp3) is 0.292. The summed E-state index contributed by atoms with van der Waals surface area (Å²) in [5.74, 6) is 0.754. The van der Waals surface area contributed by atoms with Crippen LogP contribution >= 0.6 is 0 Å². The minimum atomic E-state index is -0.520. The lowest BCUT2D eigenvalue weighted by molar-refractivity contribution is -0.121. The second-order valence-electron chi connectivity index (χ2n) is 7.56. The Morgan fingerprint density at radius 1 is 1.00 bits per heavy atom. The molecule has 1 heterocycles. The Labute approximate surface area is 180 Å². The van der Waals surface area contributed by atoms with Gasteiger partial charge in [0.1, 0.15) is 18.9 Å². The van der Waals surface area contributed by atoms with Crippen molar-refractivity contribution in [3.63, 3.8) is 0 Å². The Morgan fingerprint density at radius 3 is 2.39 bits per heavy atom. The standard InChI is InChI=1S/C24H27N3O4/c1-18(2)20-8-10-21(11-9-20)31-15-13-25-22(28)17-27-23(29)12-14-26(24(27)30)16-19-6-4-3-5-7-19/h3-12,14,18H,13,15-17H2,1-2H3,(H,25,28). The van der Waals surface area contributed by atoms with E-state index >= 15 is 0 Å². The highest BCUT2D eigenvalue weighted by atomic mass is 16.5. The van der Waals surface area contributed by atoms with E-state index in [2.05, 4.69) is 19.2 Å². The van der Waals surface area contributed by atoms with Crippen LogP contribution in [0.4, 0.5) is 0 Å². The molecule has 0 spiro atoms. The van der Waals surface area contributed by atoms with Crippen LogP contribution in [0, 0.1) is 0 Å². The Hall–Kier alpha value is -3.61. The molecule has 0 saturated heterocycles. The minimum absolute atomic E-state index is 0.268. The third kappa shape index (κ3) is 6.18. The number of hydrogen-bond donors (Lipinski definition) is 1. The topological polar surface area (TPSA) is 82.3 Å². The van der Waals surface area contributed by atoms with Crippen LogP contribution in [-0.2, 0) is 17.9 Å². The van der Waals surface area contributed by atoms with E-state index < -0.39 is 17.2 Å².